The molecule has 4 nitrogen and oxygen atoms in total. The smallest absolute Gasteiger partial charge is 0.225 e. The summed E-state index contributed by atoms with van der Waals surface area (Å²) in [5.41, 5.74) is 1.43. The molecule has 0 aromatic heterocycles. The molecule has 0 saturated carbocycles. The predicted octanol–water partition coefficient (Wildman–Crippen LogP) is 2.98. The van der Waals surface area contributed by atoms with Gasteiger partial charge < -0.3 is 15.7 Å². The molecule has 0 bridgehead atoms. The fourth-order valence-corrected chi connectivity index (χ4v) is 4.06. The number of carbonyl (C=O) groups excluding carboxylic acids is 1. The van der Waals surface area contributed by atoms with Gasteiger partial charge in [0, 0.05) is 30.4 Å². The molecule has 1 fully saturated rings. The first-order valence-corrected chi connectivity index (χ1v) is 9.47. The molecular weight excluding hydrogens is 308 g/mol. The van der Waals surface area contributed by atoms with Crippen molar-refractivity contribution in [2.45, 2.75) is 51.2 Å². The molecule has 1 aromatic carbocycles. The van der Waals surface area contributed by atoms with E-state index in [0.717, 1.165) is 29.2 Å². The molecule has 5 heteroatoms. The standard InChI is InChI=1S/C18H28N2O2S/c1-13(2)15-6-4-5-7-16(15)20-17(21)10-14(3)19-11-18(22)8-9-23-12-18/h4-7,13-14,19,22H,8-12H2,1-3H3,(H,20,21)/t14-,18+/m0/s1. The van der Waals surface area contributed by atoms with Crippen molar-refractivity contribution >= 4 is 23.4 Å². The summed E-state index contributed by atoms with van der Waals surface area (Å²) in [6.45, 7) is 6.78. The van der Waals surface area contributed by atoms with E-state index in [1.54, 1.807) is 11.8 Å². The number of thioether (sulfide) groups is 1. The summed E-state index contributed by atoms with van der Waals surface area (Å²) in [4.78, 5) is 12.3. The fourth-order valence-electron chi connectivity index (χ4n) is 2.77. The molecule has 1 saturated heterocycles. The summed E-state index contributed by atoms with van der Waals surface area (Å²) >= 11 is 1.78. The highest BCUT2D eigenvalue weighted by atomic mass is 32.2. The van der Waals surface area contributed by atoms with E-state index in [2.05, 4.69) is 30.5 Å². The number of rotatable bonds is 7. The molecule has 2 atom stereocenters. The van der Waals surface area contributed by atoms with E-state index < -0.39 is 5.60 Å². The van der Waals surface area contributed by atoms with Gasteiger partial charge in [-0.3, -0.25) is 4.79 Å². The summed E-state index contributed by atoms with van der Waals surface area (Å²) in [6.07, 6.45) is 1.22. The summed E-state index contributed by atoms with van der Waals surface area (Å²) in [5, 5.41) is 16.6. The number of carbonyl (C=O) groups is 1. The van der Waals surface area contributed by atoms with Gasteiger partial charge in [-0.2, -0.15) is 11.8 Å². The Morgan fingerprint density at radius 3 is 2.74 bits per heavy atom. The van der Waals surface area contributed by atoms with Crippen LogP contribution < -0.4 is 10.6 Å². The topological polar surface area (TPSA) is 61.4 Å². The molecule has 0 aliphatic carbocycles. The first-order valence-electron chi connectivity index (χ1n) is 8.32. The second-order valence-corrected chi connectivity index (χ2v) is 7.91. The maximum atomic E-state index is 12.3. The number of nitrogens with one attached hydrogen (secondary N) is 2. The van der Waals surface area contributed by atoms with Gasteiger partial charge in [0.15, 0.2) is 0 Å². The average molecular weight is 337 g/mol. The summed E-state index contributed by atoms with van der Waals surface area (Å²) in [7, 11) is 0. The zero-order valence-electron chi connectivity index (χ0n) is 14.3. The van der Waals surface area contributed by atoms with Crippen LogP contribution in [0.5, 0.6) is 0 Å². The van der Waals surface area contributed by atoms with Crippen molar-refractivity contribution in [1.82, 2.24) is 5.32 Å². The second-order valence-electron chi connectivity index (χ2n) is 6.80. The minimum atomic E-state index is -0.611. The van der Waals surface area contributed by atoms with E-state index in [1.807, 2.05) is 25.1 Å². The van der Waals surface area contributed by atoms with Crippen LogP contribution in [0.25, 0.3) is 0 Å². The SMILES string of the molecule is CC(C)c1ccccc1NC(=O)C[C@H](C)NC[C@]1(O)CCSC1. The summed E-state index contributed by atoms with van der Waals surface area (Å²) in [5.74, 6) is 2.17. The fraction of sp³-hybridized carbons (Fsp3) is 0.611. The molecule has 2 rings (SSSR count). The molecule has 1 aromatic rings. The molecular formula is C18H28N2O2S. The van der Waals surface area contributed by atoms with E-state index in [0.29, 0.717) is 18.9 Å². The van der Waals surface area contributed by atoms with Crippen LogP contribution >= 0.6 is 11.8 Å². The third-order valence-electron chi connectivity index (χ3n) is 4.21. The Balaban J connectivity index is 1.82. The van der Waals surface area contributed by atoms with E-state index in [1.165, 1.54) is 0 Å². The number of para-hydroxylation sites is 1. The number of hydrogen-bond acceptors (Lipinski definition) is 4. The number of hydrogen-bond donors (Lipinski definition) is 3. The lowest BCUT2D eigenvalue weighted by Crippen LogP contribution is -2.44. The van der Waals surface area contributed by atoms with Crippen LogP contribution in [0.3, 0.4) is 0 Å². The largest absolute Gasteiger partial charge is 0.388 e. The van der Waals surface area contributed by atoms with Crippen LogP contribution in [0.1, 0.15) is 45.1 Å². The van der Waals surface area contributed by atoms with Crippen LogP contribution in [-0.2, 0) is 4.79 Å². The molecule has 3 N–H and O–H groups in total. The summed E-state index contributed by atoms with van der Waals surface area (Å²) < 4.78 is 0. The van der Waals surface area contributed by atoms with Gasteiger partial charge in [-0.1, -0.05) is 32.0 Å². The van der Waals surface area contributed by atoms with E-state index in [-0.39, 0.29) is 11.9 Å². The van der Waals surface area contributed by atoms with Crippen molar-refractivity contribution < 1.29 is 9.90 Å². The second kappa shape index (κ2) is 8.18. The third-order valence-corrected chi connectivity index (χ3v) is 5.44. The Morgan fingerprint density at radius 1 is 1.35 bits per heavy atom. The normalized spacial score (nSPS) is 22.3. The predicted molar refractivity (Wildman–Crippen MR) is 98.1 cm³/mol. The molecule has 1 heterocycles. The molecule has 0 unspecified atom stereocenters. The zero-order valence-corrected chi connectivity index (χ0v) is 15.1. The van der Waals surface area contributed by atoms with Crippen molar-refractivity contribution in [2.75, 3.05) is 23.4 Å². The maximum absolute atomic E-state index is 12.3. The van der Waals surface area contributed by atoms with E-state index >= 15 is 0 Å². The highest BCUT2D eigenvalue weighted by Gasteiger charge is 2.31. The van der Waals surface area contributed by atoms with Crippen LogP contribution in [0, 0.1) is 0 Å². The minimum absolute atomic E-state index is 0.00545. The van der Waals surface area contributed by atoms with Crippen molar-refractivity contribution in [3.05, 3.63) is 29.8 Å². The Hall–Kier alpha value is -1.04. The quantitative estimate of drug-likeness (QED) is 0.716. The Labute approximate surface area is 143 Å². The third kappa shape index (κ3) is 5.52. The summed E-state index contributed by atoms with van der Waals surface area (Å²) in [6, 6.07) is 7.97. The van der Waals surface area contributed by atoms with Gasteiger partial charge in [-0.25, -0.2) is 0 Å². The minimum Gasteiger partial charge on any atom is -0.388 e. The van der Waals surface area contributed by atoms with E-state index in [9.17, 15) is 9.90 Å². The molecule has 23 heavy (non-hydrogen) atoms. The molecule has 0 spiro atoms. The maximum Gasteiger partial charge on any atom is 0.225 e. The Bertz CT molecular complexity index is 528. The Kier molecular flexibility index (Phi) is 6.50. The van der Waals surface area contributed by atoms with E-state index in [4.69, 9.17) is 0 Å². The highest BCUT2D eigenvalue weighted by molar-refractivity contribution is 7.99. The van der Waals surface area contributed by atoms with Crippen LogP contribution in [0.15, 0.2) is 24.3 Å². The first kappa shape index (κ1) is 18.3. The molecule has 1 aliphatic heterocycles. The van der Waals surface area contributed by atoms with Gasteiger partial charge in [0.1, 0.15) is 0 Å². The van der Waals surface area contributed by atoms with Gasteiger partial charge in [-0.05, 0) is 36.6 Å². The first-order chi connectivity index (χ1) is 10.9. The lowest BCUT2D eigenvalue weighted by molar-refractivity contribution is -0.116. The van der Waals surface area contributed by atoms with Crippen molar-refractivity contribution in [3.8, 4) is 0 Å². The average Bonchev–Trinajstić information content (AvgIpc) is 2.93. The molecule has 128 valence electrons. The molecule has 1 amide bonds. The van der Waals surface area contributed by atoms with Gasteiger partial charge in [0.05, 0.1) is 5.60 Å². The van der Waals surface area contributed by atoms with Crippen molar-refractivity contribution in [2.24, 2.45) is 0 Å². The zero-order chi connectivity index (χ0) is 16.9. The van der Waals surface area contributed by atoms with Crippen molar-refractivity contribution in [3.63, 3.8) is 0 Å². The van der Waals surface area contributed by atoms with Crippen molar-refractivity contribution in [1.29, 1.82) is 0 Å². The number of benzene rings is 1. The Morgan fingerprint density at radius 2 is 2.09 bits per heavy atom. The lowest BCUT2D eigenvalue weighted by Gasteiger charge is -2.24. The van der Waals surface area contributed by atoms with Gasteiger partial charge in [0.25, 0.3) is 0 Å². The van der Waals surface area contributed by atoms with Gasteiger partial charge >= 0.3 is 0 Å². The van der Waals surface area contributed by atoms with Gasteiger partial charge in [-0.15, -0.1) is 0 Å². The lowest BCUT2D eigenvalue weighted by atomic mass is 10.0. The monoisotopic (exact) mass is 336 g/mol. The van der Waals surface area contributed by atoms with Crippen LogP contribution in [0.4, 0.5) is 5.69 Å². The van der Waals surface area contributed by atoms with Crippen LogP contribution in [-0.4, -0.2) is 40.7 Å². The molecule has 1 aliphatic rings. The number of amides is 1. The van der Waals surface area contributed by atoms with Gasteiger partial charge in [0.2, 0.25) is 5.91 Å². The highest BCUT2D eigenvalue weighted by Crippen LogP contribution is 2.27. The van der Waals surface area contributed by atoms with Crippen LogP contribution in [0.2, 0.25) is 0 Å². The molecule has 0 radical (unpaired) electrons. The number of aliphatic hydroxyl groups is 1. The number of anilines is 1.